The molecule has 1 saturated heterocycles. The molecule has 152 valence electrons. The van der Waals surface area contributed by atoms with Gasteiger partial charge in [0.1, 0.15) is 0 Å². The van der Waals surface area contributed by atoms with Gasteiger partial charge in [-0.1, -0.05) is 44.2 Å². The van der Waals surface area contributed by atoms with E-state index in [-0.39, 0.29) is 0 Å². The first kappa shape index (κ1) is 21.7. The van der Waals surface area contributed by atoms with Gasteiger partial charge in [0.15, 0.2) is 5.96 Å². The largest absolute Gasteiger partial charge is 0.356 e. The van der Waals surface area contributed by atoms with E-state index in [0.717, 1.165) is 45.2 Å². The summed E-state index contributed by atoms with van der Waals surface area (Å²) in [5.74, 6) is 0.958. The van der Waals surface area contributed by atoms with E-state index in [2.05, 4.69) is 69.6 Å². The molecule has 27 heavy (non-hydrogen) atoms. The zero-order chi connectivity index (χ0) is 19.3. The van der Waals surface area contributed by atoms with Crippen molar-refractivity contribution in [3.63, 3.8) is 0 Å². The predicted octanol–water partition coefficient (Wildman–Crippen LogP) is 2.94. The standard InChI is InChI=1S/C22H39N5/c1-4-26(5-2)16-10-9-15-24-22(23-3)25-21-13-17-27(18-14-21)19-20-11-7-6-8-12-20/h6-8,11-12,21H,4-5,9-10,13-19H2,1-3H3,(H2,23,24,25). The highest BCUT2D eigenvalue weighted by molar-refractivity contribution is 5.79. The van der Waals surface area contributed by atoms with E-state index in [0.29, 0.717) is 6.04 Å². The minimum atomic E-state index is 0.527. The summed E-state index contributed by atoms with van der Waals surface area (Å²) in [4.78, 5) is 9.44. The van der Waals surface area contributed by atoms with Gasteiger partial charge in [0.2, 0.25) is 0 Å². The van der Waals surface area contributed by atoms with Gasteiger partial charge in [0.05, 0.1) is 0 Å². The molecule has 0 spiro atoms. The van der Waals surface area contributed by atoms with Crippen LogP contribution >= 0.6 is 0 Å². The Morgan fingerprint density at radius 2 is 1.81 bits per heavy atom. The average Bonchev–Trinajstić information content (AvgIpc) is 2.72. The lowest BCUT2D eigenvalue weighted by atomic mass is 10.0. The number of nitrogens with one attached hydrogen (secondary N) is 2. The van der Waals surface area contributed by atoms with Crippen LogP contribution in [-0.4, -0.2) is 68.1 Å². The van der Waals surface area contributed by atoms with E-state index in [1.165, 1.54) is 37.8 Å². The summed E-state index contributed by atoms with van der Waals surface area (Å²) in [6, 6.07) is 11.3. The summed E-state index contributed by atoms with van der Waals surface area (Å²) < 4.78 is 0. The quantitative estimate of drug-likeness (QED) is 0.376. The highest BCUT2D eigenvalue weighted by Gasteiger charge is 2.19. The van der Waals surface area contributed by atoms with Crippen LogP contribution < -0.4 is 10.6 Å². The van der Waals surface area contributed by atoms with Crippen LogP contribution in [0.4, 0.5) is 0 Å². The maximum atomic E-state index is 4.40. The maximum absolute atomic E-state index is 4.40. The fourth-order valence-electron chi connectivity index (χ4n) is 3.67. The number of hydrogen-bond donors (Lipinski definition) is 2. The highest BCUT2D eigenvalue weighted by atomic mass is 15.2. The third kappa shape index (κ3) is 8.31. The van der Waals surface area contributed by atoms with Crippen LogP contribution in [0.2, 0.25) is 0 Å². The topological polar surface area (TPSA) is 42.9 Å². The van der Waals surface area contributed by atoms with Gasteiger partial charge in [-0.05, 0) is 50.9 Å². The molecule has 1 aromatic carbocycles. The Morgan fingerprint density at radius 3 is 2.44 bits per heavy atom. The number of guanidine groups is 1. The maximum Gasteiger partial charge on any atom is 0.191 e. The van der Waals surface area contributed by atoms with Gasteiger partial charge >= 0.3 is 0 Å². The van der Waals surface area contributed by atoms with Crippen LogP contribution in [0.1, 0.15) is 45.1 Å². The number of unbranched alkanes of at least 4 members (excludes halogenated alkanes) is 1. The van der Waals surface area contributed by atoms with Gasteiger partial charge in [-0.2, -0.15) is 0 Å². The number of likely N-dealkylation sites (tertiary alicyclic amines) is 1. The molecule has 1 aromatic rings. The molecule has 0 unspecified atom stereocenters. The minimum absolute atomic E-state index is 0.527. The third-order valence-corrected chi connectivity index (χ3v) is 5.49. The fourth-order valence-corrected chi connectivity index (χ4v) is 3.67. The van der Waals surface area contributed by atoms with Crippen molar-refractivity contribution in [3.05, 3.63) is 35.9 Å². The molecule has 0 amide bonds. The number of nitrogens with zero attached hydrogens (tertiary/aromatic N) is 3. The molecule has 0 atom stereocenters. The molecule has 1 fully saturated rings. The zero-order valence-corrected chi connectivity index (χ0v) is 17.6. The van der Waals surface area contributed by atoms with Crippen LogP contribution in [0, 0.1) is 0 Å². The van der Waals surface area contributed by atoms with Crippen molar-refractivity contribution in [2.75, 3.05) is 46.3 Å². The molecule has 2 N–H and O–H groups in total. The van der Waals surface area contributed by atoms with E-state index in [1.807, 2.05) is 7.05 Å². The molecule has 0 radical (unpaired) electrons. The Kier molecular flexibility index (Phi) is 10.2. The normalized spacial score (nSPS) is 16.7. The lowest BCUT2D eigenvalue weighted by Crippen LogP contribution is -2.48. The minimum Gasteiger partial charge on any atom is -0.356 e. The summed E-state index contributed by atoms with van der Waals surface area (Å²) in [7, 11) is 1.87. The van der Waals surface area contributed by atoms with E-state index < -0.39 is 0 Å². The second kappa shape index (κ2) is 12.7. The van der Waals surface area contributed by atoms with Crippen molar-refractivity contribution in [1.29, 1.82) is 0 Å². The number of hydrogen-bond acceptors (Lipinski definition) is 3. The van der Waals surface area contributed by atoms with Gasteiger partial charge < -0.3 is 15.5 Å². The first-order chi connectivity index (χ1) is 13.2. The van der Waals surface area contributed by atoms with Crippen LogP contribution in [0.15, 0.2) is 35.3 Å². The second-order valence-corrected chi connectivity index (χ2v) is 7.41. The molecule has 0 saturated carbocycles. The molecule has 1 aliphatic heterocycles. The Hall–Kier alpha value is -1.59. The molecule has 5 nitrogen and oxygen atoms in total. The Balaban J connectivity index is 1.60. The Labute approximate surface area is 166 Å². The molecular formula is C22H39N5. The number of piperidine rings is 1. The SMILES string of the molecule is CCN(CC)CCCCNC(=NC)NC1CCN(Cc2ccccc2)CC1. The monoisotopic (exact) mass is 373 g/mol. The van der Waals surface area contributed by atoms with Crippen LogP contribution in [0.5, 0.6) is 0 Å². The van der Waals surface area contributed by atoms with Gasteiger partial charge in [0.25, 0.3) is 0 Å². The smallest absolute Gasteiger partial charge is 0.191 e. The molecule has 1 heterocycles. The first-order valence-corrected chi connectivity index (χ1v) is 10.7. The number of benzene rings is 1. The third-order valence-electron chi connectivity index (χ3n) is 5.49. The summed E-state index contributed by atoms with van der Waals surface area (Å²) in [5, 5.41) is 7.10. The van der Waals surface area contributed by atoms with Crippen molar-refractivity contribution in [2.45, 2.75) is 52.1 Å². The van der Waals surface area contributed by atoms with Crippen molar-refractivity contribution in [3.8, 4) is 0 Å². The van der Waals surface area contributed by atoms with Gasteiger partial charge in [-0.25, -0.2) is 0 Å². The van der Waals surface area contributed by atoms with Gasteiger partial charge in [-0.15, -0.1) is 0 Å². The van der Waals surface area contributed by atoms with E-state index in [1.54, 1.807) is 0 Å². The van der Waals surface area contributed by atoms with Crippen LogP contribution in [0.25, 0.3) is 0 Å². The summed E-state index contributed by atoms with van der Waals surface area (Å²) in [6.07, 6.45) is 4.78. The lowest BCUT2D eigenvalue weighted by molar-refractivity contribution is 0.198. The van der Waals surface area contributed by atoms with Crippen LogP contribution in [-0.2, 0) is 6.54 Å². The first-order valence-electron chi connectivity index (χ1n) is 10.7. The molecule has 0 bridgehead atoms. The number of aliphatic imine (C=N–C) groups is 1. The van der Waals surface area contributed by atoms with Crippen molar-refractivity contribution in [2.24, 2.45) is 4.99 Å². The predicted molar refractivity (Wildman–Crippen MR) is 116 cm³/mol. The molecule has 0 aromatic heterocycles. The van der Waals surface area contributed by atoms with Crippen molar-refractivity contribution >= 4 is 5.96 Å². The van der Waals surface area contributed by atoms with Gasteiger partial charge in [0, 0.05) is 39.3 Å². The lowest BCUT2D eigenvalue weighted by Gasteiger charge is -2.33. The van der Waals surface area contributed by atoms with Crippen LogP contribution in [0.3, 0.4) is 0 Å². The Morgan fingerprint density at radius 1 is 1.11 bits per heavy atom. The second-order valence-electron chi connectivity index (χ2n) is 7.41. The molecule has 1 aliphatic rings. The van der Waals surface area contributed by atoms with E-state index in [9.17, 15) is 0 Å². The highest BCUT2D eigenvalue weighted by Crippen LogP contribution is 2.13. The molecular weight excluding hydrogens is 334 g/mol. The zero-order valence-electron chi connectivity index (χ0n) is 17.6. The van der Waals surface area contributed by atoms with Crippen molar-refractivity contribution in [1.82, 2.24) is 20.4 Å². The summed E-state index contributed by atoms with van der Waals surface area (Å²) in [5.41, 5.74) is 1.41. The fraction of sp³-hybridized carbons (Fsp3) is 0.682. The van der Waals surface area contributed by atoms with Crippen molar-refractivity contribution < 1.29 is 0 Å². The van der Waals surface area contributed by atoms with E-state index in [4.69, 9.17) is 0 Å². The van der Waals surface area contributed by atoms with E-state index >= 15 is 0 Å². The molecule has 2 rings (SSSR count). The molecule has 5 heteroatoms. The summed E-state index contributed by atoms with van der Waals surface area (Å²) in [6.45, 7) is 12.3. The van der Waals surface area contributed by atoms with Gasteiger partial charge in [-0.3, -0.25) is 9.89 Å². The molecule has 0 aliphatic carbocycles. The summed E-state index contributed by atoms with van der Waals surface area (Å²) >= 11 is 0. The average molecular weight is 374 g/mol. The number of rotatable bonds is 10. The Bertz CT molecular complexity index is 519.